The van der Waals surface area contributed by atoms with Crippen molar-refractivity contribution in [3.8, 4) is 5.75 Å². The van der Waals surface area contributed by atoms with Crippen LogP contribution < -0.4 is 5.32 Å². The Kier molecular flexibility index (Phi) is 4.57. The molecule has 2 N–H and O–H groups in total. The lowest BCUT2D eigenvalue weighted by Crippen LogP contribution is -2.14. The molecule has 0 aliphatic carbocycles. The average Bonchev–Trinajstić information content (AvgIpc) is 2.71. The minimum absolute atomic E-state index is 0.249. The van der Waals surface area contributed by atoms with Crippen LogP contribution in [0.3, 0.4) is 0 Å². The molecule has 2 aromatic rings. The van der Waals surface area contributed by atoms with Gasteiger partial charge in [-0.3, -0.25) is 4.68 Å². The van der Waals surface area contributed by atoms with Crippen LogP contribution in [0.2, 0.25) is 0 Å². The number of halogens is 2. The van der Waals surface area contributed by atoms with Crippen LogP contribution in [0.1, 0.15) is 29.4 Å². The molecule has 0 radical (unpaired) electrons. The third kappa shape index (κ3) is 3.21. The molecule has 0 aliphatic heterocycles. The van der Waals surface area contributed by atoms with E-state index in [9.17, 15) is 13.9 Å². The highest BCUT2D eigenvalue weighted by molar-refractivity contribution is 5.33. The maximum absolute atomic E-state index is 13.2. The molecule has 21 heavy (non-hydrogen) atoms. The zero-order valence-corrected chi connectivity index (χ0v) is 12.4. The van der Waals surface area contributed by atoms with E-state index < -0.39 is 11.6 Å². The van der Waals surface area contributed by atoms with Crippen LogP contribution in [-0.2, 0) is 19.6 Å². The van der Waals surface area contributed by atoms with E-state index >= 15 is 0 Å². The summed E-state index contributed by atoms with van der Waals surface area (Å²) in [6.07, 6.45) is 0. The third-order valence-corrected chi connectivity index (χ3v) is 3.57. The van der Waals surface area contributed by atoms with Gasteiger partial charge in [0.25, 0.3) is 0 Å². The lowest BCUT2D eigenvalue weighted by atomic mass is 10.1. The van der Waals surface area contributed by atoms with Crippen LogP contribution in [0.4, 0.5) is 8.78 Å². The molecule has 0 unspecified atom stereocenters. The van der Waals surface area contributed by atoms with Crippen molar-refractivity contribution in [2.24, 2.45) is 0 Å². The Labute approximate surface area is 122 Å². The second kappa shape index (κ2) is 6.22. The van der Waals surface area contributed by atoms with Crippen molar-refractivity contribution in [2.75, 3.05) is 0 Å². The first kappa shape index (κ1) is 15.4. The van der Waals surface area contributed by atoms with Gasteiger partial charge in [0, 0.05) is 42.5 Å². The van der Waals surface area contributed by atoms with E-state index in [1.807, 2.05) is 25.5 Å². The highest BCUT2D eigenvalue weighted by Gasteiger charge is 2.12. The summed E-state index contributed by atoms with van der Waals surface area (Å²) in [6, 6.07) is 1.80. The first-order valence-corrected chi connectivity index (χ1v) is 6.84. The summed E-state index contributed by atoms with van der Waals surface area (Å²) in [5, 5.41) is 17.1. The van der Waals surface area contributed by atoms with Crippen LogP contribution in [-0.4, -0.2) is 14.9 Å². The van der Waals surface area contributed by atoms with E-state index in [0.29, 0.717) is 12.1 Å². The number of phenols is 1. The number of nitrogens with one attached hydrogen (secondary N) is 1. The lowest BCUT2D eigenvalue weighted by Gasteiger charge is -2.08. The molecule has 0 spiro atoms. The summed E-state index contributed by atoms with van der Waals surface area (Å²) in [4.78, 5) is 0. The van der Waals surface area contributed by atoms with Gasteiger partial charge in [-0.15, -0.1) is 0 Å². The molecule has 1 aromatic heterocycles. The first-order valence-electron chi connectivity index (χ1n) is 6.84. The zero-order valence-electron chi connectivity index (χ0n) is 12.4. The summed E-state index contributed by atoms with van der Waals surface area (Å²) >= 11 is 0. The molecule has 2 rings (SSSR count). The van der Waals surface area contributed by atoms with Crippen molar-refractivity contribution in [1.82, 2.24) is 15.1 Å². The summed E-state index contributed by atoms with van der Waals surface area (Å²) in [5.41, 5.74) is 3.43. The Morgan fingerprint density at radius 3 is 2.48 bits per heavy atom. The van der Waals surface area contributed by atoms with Gasteiger partial charge < -0.3 is 10.4 Å². The number of hydrogen-bond acceptors (Lipinski definition) is 3. The van der Waals surface area contributed by atoms with E-state index in [0.717, 1.165) is 35.6 Å². The minimum Gasteiger partial charge on any atom is -0.508 e. The van der Waals surface area contributed by atoms with E-state index in [2.05, 4.69) is 10.4 Å². The van der Waals surface area contributed by atoms with Crippen molar-refractivity contribution < 1.29 is 13.9 Å². The molecule has 0 saturated heterocycles. The van der Waals surface area contributed by atoms with Crippen molar-refractivity contribution in [2.45, 2.75) is 40.4 Å². The fraction of sp³-hybridized carbons (Fsp3) is 0.400. The Balaban J connectivity index is 2.05. The number of nitrogens with zero attached hydrogens (tertiary/aromatic N) is 2. The minimum atomic E-state index is -1.05. The molecule has 6 heteroatoms. The molecule has 0 aliphatic rings. The molecule has 1 aromatic carbocycles. The Bertz CT molecular complexity index is 653. The third-order valence-electron chi connectivity index (χ3n) is 3.57. The smallest absolute Gasteiger partial charge is 0.162 e. The van der Waals surface area contributed by atoms with E-state index in [4.69, 9.17) is 0 Å². The molecular weight excluding hydrogens is 276 g/mol. The van der Waals surface area contributed by atoms with Crippen molar-refractivity contribution >= 4 is 0 Å². The van der Waals surface area contributed by atoms with E-state index in [1.54, 1.807) is 0 Å². The van der Waals surface area contributed by atoms with Crippen LogP contribution in [0.5, 0.6) is 5.75 Å². The summed E-state index contributed by atoms with van der Waals surface area (Å²) in [6.45, 7) is 7.56. The number of aryl methyl sites for hydroxylation is 2. The molecule has 0 atom stereocenters. The maximum Gasteiger partial charge on any atom is 0.162 e. The number of aromatic hydroxyl groups is 1. The standard InChI is InChI=1S/C15H19F2N3O/c1-4-20-10(3)12(9(2)19-20)8-18-7-11-5-13(16)14(17)6-15(11)21/h5-6,18,21H,4,7-8H2,1-3H3. The first-order chi connectivity index (χ1) is 9.93. The van der Waals surface area contributed by atoms with Gasteiger partial charge in [-0.1, -0.05) is 0 Å². The Hall–Kier alpha value is -1.95. The molecule has 0 amide bonds. The molecule has 1 heterocycles. The zero-order chi connectivity index (χ0) is 15.6. The predicted octanol–water partition coefficient (Wildman–Crippen LogP) is 2.79. The number of hydrogen-bond donors (Lipinski definition) is 2. The van der Waals surface area contributed by atoms with Gasteiger partial charge in [-0.05, 0) is 26.8 Å². The summed E-state index contributed by atoms with van der Waals surface area (Å²) in [7, 11) is 0. The molecule has 4 nitrogen and oxygen atoms in total. The van der Waals surface area contributed by atoms with Crippen molar-refractivity contribution in [1.29, 1.82) is 0 Å². The monoisotopic (exact) mass is 295 g/mol. The normalized spacial score (nSPS) is 11.1. The van der Waals surface area contributed by atoms with Crippen LogP contribution >= 0.6 is 0 Å². The molecular formula is C15H19F2N3O. The summed E-state index contributed by atoms with van der Waals surface area (Å²) in [5.74, 6) is -2.26. The summed E-state index contributed by atoms with van der Waals surface area (Å²) < 4.78 is 28.0. The van der Waals surface area contributed by atoms with Crippen LogP contribution in [0.15, 0.2) is 12.1 Å². The van der Waals surface area contributed by atoms with E-state index in [1.165, 1.54) is 0 Å². The largest absolute Gasteiger partial charge is 0.508 e. The fourth-order valence-electron chi connectivity index (χ4n) is 2.34. The lowest BCUT2D eigenvalue weighted by molar-refractivity contribution is 0.444. The van der Waals surface area contributed by atoms with Gasteiger partial charge in [0.2, 0.25) is 0 Å². The average molecular weight is 295 g/mol. The van der Waals surface area contributed by atoms with Gasteiger partial charge >= 0.3 is 0 Å². The maximum atomic E-state index is 13.2. The van der Waals surface area contributed by atoms with Crippen molar-refractivity contribution in [3.05, 3.63) is 46.3 Å². The van der Waals surface area contributed by atoms with Crippen molar-refractivity contribution in [3.63, 3.8) is 0 Å². The predicted molar refractivity (Wildman–Crippen MR) is 75.9 cm³/mol. The SMILES string of the molecule is CCn1nc(C)c(CNCc2cc(F)c(F)cc2O)c1C. The molecule has 114 valence electrons. The van der Waals surface area contributed by atoms with E-state index in [-0.39, 0.29) is 12.3 Å². The number of phenolic OH excluding ortho intramolecular Hbond substituents is 1. The highest BCUT2D eigenvalue weighted by atomic mass is 19.2. The van der Waals surface area contributed by atoms with Gasteiger partial charge in [-0.25, -0.2) is 8.78 Å². The highest BCUT2D eigenvalue weighted by Crippen LogP contribution is 2.21. The molecule has 0 bridgehead atoms. The molecule has 0 fully saturated rings. The molecule has 0 saturated carbocycles. The Morgan fingerprint density at radius 2 is 1.86 bits per heavy atom. The van der Waals surface area contributed by atoms with Gasteiger partial charge in [-0.2, -0.15) is 5.10 Å². The second-order valence-electron chi connectivity index (χ2n) is 4.96. The number of benzene rings is 1. The quantitative estimate of drug-likeness (QED) is 0.892. The van der Waals surface area contributed by atoms with Gasteiger partial charge in [0.05, 0.1) is 5.69 Å². The number of rotatable bonds is 5. The topological polar surface area (TPSA) is 50.1 Å². The Morgan fingerprint density at radius 1 is 1.19 bits per heavy atom. The van der Waals surface area contributed by atoms with Crippen LogP contribution in [0, 0.1) is 25.5 Å². The van der Waals surface area contributed by atoms with Crippen LogP contribution in [0.25, 0.3) is 0 Å². The second-order valence-corrected chi connectivity index (χ2v) is 4.96. The van der Waals surface area contributed by atoms with Gasteiger partial charge in [0.15, 0.2) is 11.6 Å². The van der Waals surface area contributed by atoms with Gasteiger partial charge in [0.1, 0.15) is 5.75 Å². The fourth-order valence-corrected chi connectivity index (χ4v) is 2.34. The number of aromatic nitrogens is 2.